The number of anilines is 3. The summed E-state index contributed by atoms with van der Waals surface area (Å²) < 4.78 is 4.84. The van der Waals surface area contributed by atoms with E-state index in [1.165, 1.54) is 91.8 Å². The molecule has 0 saturated carbocycles. The average molecular weight is 908 g/mol. The van der Waals surface area contributed by atoms with Crippen LogP contribution in [-0.2, 0) is 0 Å². The van der Waals surface area contributed by atoms with Crippen molar-refractivity contribution in [2.75, 3.05) is 4.90 Å². The van der Waals surface area contributed by atoms with Crippen LogP contribution < -0.4 is 25.6 Å². The van der Waals surface area contributed by atoms with Gasteiger partial charge in [-0.2, -0.15) is 0 Å². The van der Waals surface area contributed by atoms with Crippen LogP contribution >= 0.6 is 0 Å². The quantitative estimate of drug-likeness (QED) is 0.104. The molecule has 0 unspecified atom stereocenters. The van der Waals surface area contributed by atoms with E-state index in [0.717, 1.165) is 22.7 Å². The fourth-order valence-corrected chi connectivity index (χ4v) is 16.5. The molecule has 0 fully saturated rings. The molecule has 328 valence electrons. The molecule has 70 heavy (non-hydrogen) atoms. The highest BCUT2D eigenvalue weighted by molar-refractivity contribution is 7.19. The standard InChI is InChI=1S/C66H45N3Si/c1-4-17-52(18-5-1)70(53-19-6-2-7-20-53,54-21-8-3-9-22-54)55-42-33-47(34-43-55)46-31-35-48(36-32-46)67(49-37-39-50(40-38-49)68-62-28-13-10-23-56(62)57-24-11-14-29-63(57)68)51-41-44-65-61(45-51)60-27-16-26-59-58-25-12-15-30-64(58)69(65)66(59)60/h1-45H. The number of para-hydroxylation sites is 4. The minimum atomic E-state index is -2.63. The molecule has 0 aliphatic carbocycles. The van der Waals surface area contributed by atoms with Gasteiger partial charge in [0.25, 0.3) is 0 Å². The number of aromatic nitrogens is 2. The van der Waals surface area contributed by atoms with E-state index in [9.17, 15) is 0 Å². The van der Waals surface area contributed by atoms with Crippen molar-refractivity contribution in [3.63, 3.8) is 0 Å². The summed E-state index contributed by atoms with van der Waals surface area (Å²) in [5, 5.41) is 13.1. The summed E-state index contributed by atoms with van der Waals surface area (Å²) in [5.41, 5.74) is 12.9. The van der Waals surface area contributed by atoms with Crippen molar-refractivity contribution in [2.45, 2.75) is 0 Å². The van der Waals surface area contributed by atoms with Gasteiger partial charge in [-0.1, -0.05) is 200 Å². The van der Waals surface area contributed by atoms with Crippen molar-refractivity contribution >= 4 is 106 Å². The van der Waals surface area contributed by atoms with Gasteiger partial charge in [0.2, 0.25) is 0 Å². The van der Waals surface area contributed by atoms with Crippen LogP contribution in [0.5, 0.6) is 0 Å². The molecular weight excluding hydrogens is 863 g/mol. The molecule has 14 aromatic rings. The Kier molecular flexibility index (Phi) is 9.23. The zero-order chi connectivity index (χ0) is 46.2. The number of rotatable bonds is 9. The average Bonchev–Trinajstić information content (AvgIpc) is 4.08. The van der Waals surface area contributed by atoms with E-state index in [4.69, 9.17) is 0 Å². The van der Waals surface area contributed by atoms with E-state index < -0.39 is 8.07 Å². The van der Waals surface area contributed by atoms with Crippen LogP contribution in [-0.4, -0.2) is 17.0 Å². The Morgan fingerprint density at radius 2 is 0.657 bits per heavy atom. The van der Waals surface area contributed by atoms with Gasteiger partial charge in [-0.05, 0) is 105 Å². The van der Waals surface area contributed by atoms with Crippen molar-refractivity contribution in [2.24, 2.45) is 0 Å². The Morgan fingerprint density at radius 1 is 0.271 bits per heavy atom. The molecular formula is C66H45N3Si. The third-order valence-corrected chi connectivity index (χ3v) is 19.6. The summed E-state index contributed by atoms with van der Waals surface area (Å²) in [6.45, 7) is 0. The van der Waals surface area contributed by atoms with Gasteiger partial charge in [0, 0.05) is 55.1 Å². The normalized spacial score (nSPS) is 12.0. The van der Waals surface area contributed by atoms with Crippen LogP contribution in [0.3, 0.4) is 0 Å². The molecule has 11 aromatic carbocycles. The van der Waals surface area contributed by atoms with Gasteiger partial charge in [0.05, 0.1) is 27.6 Å². The van der Waals surface area contributed by atoms with Crippen molar-refractivity contribution < 1.29 is 0 Å². The summed E-state index contributed by atoms with van der Waals surface area (Å²) in [6, 6.07) is 101. The second-order valence-corrected chi connectivity index (χ2v) is 22.3. The summed E-state index contributed by atoms with van der Waals surface area (Å²) >= 11 is 0. The van der Waals surface area contributed by atoms with E-state index in [-0.39, 0.29) is 0 Å². The monoisotopic (exact) mass is 907 g/mol. The smallest absolute Gasteiger partial charge is 0.179 e. The Morgan fingerprint density at radius 3 is 1.20 bits per heavy atom. The molecule has 3 heterocycles. The Bertz CT molecular complexity index is 4050. The lowest BCUT2D eigenvalue weighted by molar-refractivity contribution is 1.17. The number of hydrogen-bond acceptors (Lipinski definition) is 1. The molecule has 0 saturated heterocycles. The zero-order valence-electron chi connectivity index (χ0n) is 38.3. The van der Waals surface area contributed by atoms with Crippen LogP contribution in [0.4, 0.5) is 17.1 Å². The summed E-state index contributed by atoms with van der Waals surface area (Å²) in [6.07, 6.45) is 0. The minimum Gasteiger partial charge on any atom is -0.310 e. The molecule has 0 radical (unpaired) electrons. The highest BCUT2D eigenvalue weighted by atomic mass is 28.3. The third kappa shape index (κ3) is 6.07. The number of fused-ring (bicyclic) bond motifs is 9. The van der Waals surface area contributed by atoms with E-state index in [1.807, 2.05) is 0 Å². The first-order chi connectivity index (χ1) is 34.7. The maximum atomic E-state index is 2.45. The van der Waals surface area contributed by atoms with Gasteiger partial charge in [0.1, 0.15) is 0 Å². The molecule has 0 atom stereocenters. The highest BCUT2D eigenvalue weighted by Crippen LogP contribution is 2.43. The van der Waals surface area contributed by atoms with Crippen LogP contribution in [0.15, 0.2) is 273 Å². The Hall–Kier alpha value is -8.96. The molecule has 0 aliphatic rings. The maximum absolute atomic E-state index is 2.63. The van der Waals surface area contributed by atoms with Crippen molar-refractivity contribution in [1.29, 1.82) is 0 Å². The summed E-state index contributed by atoms with van der Waals surface area (Å²) in [4.78, 5) is 2.41. The van der Waals surface area contributed by atoms with Crippen molar-refractivity contribution in [3.05, 3.63) is 273 Å². The lowest BCUT2D eigenvalue weighted by Crippen LogP contribution is -2.74. The number of benzene rings is 11. The fourth-order valence-electron chi connectivity index (χ4n) is 11.7. The molecule has 0 aliphatic heterocycles. The molecule has 14 rings (SSSR count). The largest absolute Gasteiger partial charge is 0.310 e. The molecule has 3 nitrogen and oxygen atoms in total. The minimum absolute atomic E-state index is 1.09. The van der Waals surface area contributed by atoms with Gasteiger partial charge in [-0.15, -0.1) is 0 Å². The second kappa shape index (κ2) is 16.1. The van der Waals surface area contributed by atoms with Gasteiger partial charge < -0.3 is 13.9 Å². The van der Waals surface area contributed by atoms with Gasteiger partial charge >= 0.3 is 0 Å². The second-order valence-electron chi connectivity index (χ2n) is 18.4. The van der Waals surface area contributed by atoms with Crippen LogP contribution in [0.1, 0.15) is 0 Å². The van der Waals surface area contributed by atoms with E-state index in [0.29, 0.717) is 0 Å². The van der Waals surface area contributed by atoms with Crippen molar-refractivity contribution in [1.82, 2.24) is 8.97 Å². The SMILES string of the molecule is c1ccc([Si](c2ccccc2)(c2ccccc2)c2ccc(-c3ccc(N(c4ccc(-n5c6ccccc6c6ccccc65)cc4)c4ccc5c(c4)c4cccc6c7ccccc7n5c64)cc3)cc2)cc1. The van der Waals surface area contributed by atoms with Crippen LogP contribution in [0.2, 0.25) is 0 Å². The molecule has 4 heteroatoms. The predicted octanol–water partition coefficient (Wildman–Crippen LogP) is 14.4. The van der Waals surface area contributed by atoms with Gasteiger partial charge in [-0.25, -0.2) is 0 Å². The third-order valence-electron chi connectivity index (χ3n) is 14.8. The first-order valence-electron chi connectivity index (χ1n) is 24.2. The molecule has 0 bridgehead atoms. The molecule has 0 spiro atoms. The molecule has 0 amide bonds. The van der Waals surface area contributed by atoms with Gasteiger partial charge in [-0.3, -0.25) is 0 Å². The first kappa shape index (κ1) is 40.1. The van der Waals surface area contributed by atoms with Crippen LogP contribution in [0.25, 0.3) is 76.7 Å². The lowest BCUT2D eigenvalue weighted by atomic mass is 10.0. The molecule has 0 N–H and O–H groups in total. The topological polar surface area (TPSA) is 12.6 Å². The van der Waals surface area contributed by atoms with Crippen LogP contribution in [0, 0.1) is 0 Å². The maximum Gasteiger partial charge on any atom is 0.179 e. The molecule has 3 aromatic heterocycles. The first-order valence-corrected chi connectivity index (χ1v) is 26.2. The number of hydrogen-bond donors (Lipinski definition) is 0. The number of nitrogens with zero attached hydrogens (tertiary/aromatic N) is 3. The van der Waals surface area contributed by atoms with E-state index in [1.54, 1.807) is 0 Å². The van der Waals surface area contributed by atoms with Gasteiger partial charge in [0.15, 0.2) is 8.07 Å². The highest BCUT2D eigenvalue weighted by Gasteiger charge is 2.41. The summed E-state index contributed by atoms with van der Waals surface area (Å²) in [7, 11) is -2.63. The Balaban J connectivity index is 0.890. The Labute approximate surface area is 407 Å². The predicted molar refractivity (Wildman–Crippen MR) is 299 cm³/mol. The fraction of sp³-hybridized carbons (Fsp3) is 0. The zero-order valence-corrected chi connectivity index (χ0v) is 39.3. The van der Waals surface area contributed by atoms with Crippen molar-refractivity contribution in [3.8, 4) is 16.8 Å². The lowest BCUT2D eigenvalue weighted by Gasteiger charge is -2.34. The summed E-state index contributed by atoms with van der Waals surface area (Å²) in [5.74, 6) is 0. The van der Waals surface area contributed by atoms with E-state index >= 15 is 0 Å². The van der Waals surface area contributed by atoms with E-state index in [2.05, 4.69) is 287 Å².